The average Bonchev–Trinajstić information content (AvgIpc) is 2.77. The van der Waals surface area contributed by atoms with Crippen molar-refractivity contribution in [2.45, 2.75) is 25.9 Å². The molecule has 0 aliphatic carbocycles. The number of aromatic nitrogens is 3. The van der Waals surface area contributed by atoms with Crippen molar-refractivity contribution in [1.29, 1.82) is 0 Å². The molecule has 0 amide bonds. The normalized spacial score (nSPS) is 21.9. The predicted molar refractivity (Wildman–Crippen MR) is 68.1 cm³/mol. The Morgan fingerprint density at radius 2 is 2.12 bits per heavy atom. The van der Waals surface area contributed by atoms with Gasteiger partial charge in [-0.3, -0.25) is 4.90 Å². The molecule has 5 nitrogen and oxygen atoms in total. The van der Waals surface area contributed by atoms with Gasteiger partial charge >= 0.3 is 0 Å². The summed E-state index contributed by atoms with van der Waals surface area (Å²) < 4.78 is 2.03. The molecule has 2 aliphatic heterocycles. The fourth-order valence-electron chi connectivity index (χ4n) is 2.70. The molecule has 0 saturated carbocycles. The van der Waals surface area contributed by atoms with E-state index in [1.165, 1.54) is 32.5 Å². The lowest BCUT2D eigenvalue weighted by molar-refractivity contribution is 0.163. The van der Waals surface area contributed by atoms with Crippen LogP contribution in [-0.2, 0) is 13.1 Å². The molecular weight excluding hydrogens is 238 g/mol. The summed E-state index contributed by atoms with van der Waals surface area (Å²) in [6, 6.07) is 0. The third kappa shape index (κ3) is 2.97. The minimum Gasteiger partial charge on any atom is -0.317 e. The van der Waals surface area contributed by atoms with E-state index >= 15 is 0 Å². The van der Waals surface area contributed by atoms with E-state index in [1.807, 2.05) is 4.68 Å². The summed E-state index contributed by atoms with van der Waals surface area (Å²) in [5.41, 5.74) is 0. The van der Waals surface area contributed by atoms with E-state index in [9.17, 15) is 0 Å². The van der Waals surface area contributed by atoms with Gasteiger partial charge in [-0.15, -0.1) is 12.4 Å². The van der Waals surface area contributed by atoms with Crippen molar-refractivity contribution in [3.63, 3.8) is 0 Å². The quantitative estimate of drug-likeness (QED) is 0.839. The summed E-state index contributed by atoms with van der Waals surface area (Å²) >= 11 is 0. The highest BCUT2D eigenvalue weighted by molar-refractivity contribution is 5.85. The molecule has 0 spiro atoms. The first kappa shape index (κ1) is 12.8. The van der Waals surface area contributed by atoms with Crippen LogP contribution in [0.3, 0.4) is 0 Å². The molecule has 0 aromatic carbocycles. The number of nitrogens with one attached hydrogen (secondary N) is 1. The van der Waals surface area contributed by atoms with Crippen LogP contribution in [-0.4, -0.2) is 45.8 Å². The fraction of sp³-hybridized carbons (Fsp3) is 0.818. The van der Waals surface area contributed by atoms with Crippen molar-refractivity contribution in [2.24, 2.45) is 5.92 Å². The maximum Gasteiger partial charge on any atom is 0.141 e. The molecule has 1 aromatic heterocycles. The second-order valence-corrected chi connectivity index (χ2v) is 4.83. The lowest BCUT2D eigenvalue weighted by Crippen LogP contribution is -2.40. The Morgan fingerprint density at radius 3 is 2.94 bits per heavy atom. The summed E-state index contributed by atoms with van der Waals surface area (Å²) in [4.78, 5) is 6.83. The number of nitrogens with zero attached hydrogens (tertiary/aromatic N) is 4. The van der Waals surface area contributed by atoms with Gasteiger partial charge in [-0.05, 0) is 31.8 Å². The Morgan fingerprint density at radius 1 is 1.29 bits per heavy atom. The van der Waals surface area contributed by atoms with Crippen LogP contribution in [0.15, 0.2) is 6.33 Å². The molecule has 0 bridgehead atoms. The highest BCUT2D eigenvalue weighted by Crippen LogP contribution is 2.16. The molecule has 1 N–H and O–H groups in total. The Hall–Kier alpha value is -0.650. The van der Waals surface area contributed by atoms with Crippen LogP contribution in [0.1, 0.15) is 18.7 Å². The van der Waals surface area contributed by atoms with Crippen molar-refractivity contribution in [1.82, 2.24) is 25.0 Å². The van der Waals surface area contributed by atoms with Crippen LogP contribution < -0.4 is 5.32 Å². The second kappa shape index (κ2) is 5.80. The number of halogens is 1. The second-order valence-electron chi connectivity index (χ2n) is 4.83. The largest absolute Gasteiger partial charge is 0.317 e. The Labute approximate surface area is 108 Å². The monoisotopic (exact) mass is 257 g/mol. The molecule has 1 saturated heterocycles. The van der Waals surface area contributed by atoms with E-state index in [0.29, 0.717) is 0 Å². The van der Waals surface area contributed by atoms with Crippen molar-refractivity contribution >= 4 is 12.4 Å². The molecular formula is C11H20ClN5. The number of piperidine rings is 1. The third-order valence-corrected chi connectivity index (χ3v) is 3.66. The number of rotatable bonds is 2. The molecule has 0 unspecified atom stereocenters. The van der Waals surface area contributed by atoms with Gasteiger partial charge in [-0.1, -0.05) is 0 Å². The molecule has 2 aliphatic rings. The minimum absolute atomic E-state index is 0. The van der Waals surface area contributed by atoms with Gasteiger partial charge in [-0.2, -0.15) is 5.10 Å². The molecule has 0 radical (unpaired) electrons. The van der Waals surface area contributed by atoms with Gasteiger partial charge < -0.3 is 5.32 Å². The SMILES string of the molecule is Cl.c1nc2n(n1)CCN(CC1CCNCC1)C2. The average molecular weight is 258 g/mol. The predicted octanol–water partition coefficient (Wildman–Crippen LogP) is 0.515. The summed E-state index contributed by atoms with van der Waals surface area (Å²) in [7, 11) is 0. The van der Waals surface area contributed by atoms with Gasteiger partial charge in [0, 0.05) is 13.1 Å². The molecule has 96 valence electrons. The smallest absolute Gasteiger partial charge is 0.141 e. The zero-order valence-electron chi connectivity index (χ0n) is 10.0. The van der Waals surface area contributed by atoms with E-state index in [0.717, 1.165) is 31.4 Å². The van der Waals surface area contributed by atoms with Crippen LogP contribution in [0.4, 0.5) is 0 Å². The first-order valence-corrected chi connectivity index (χ1v) is 6.21. The van der Waals surface area contributed by atoms with Crippen molar-refractivity contribution < 1.29 is 0 Å². The number of hydrogen-bond acceptors (Lipinski definition) is 4. The third-order valence-electron chi connectivity index (χ3n) is 3.66. The first-order chi connectivity index (χ1) is 7.92. The summed E-state index contributed by atoms with van der Waals surface area (Å²) in [5.74, 6) is 2.00. The number of hydrogen-bond donors (Lipinski definition) is 1. The highest BCUT2D eigenvalue weighted by Gasteiger charge is 2.21. The van der Waals surface area contributed by atoms with Crippen LogP contribution in [0.25, 0.3) is 0 Å². The van der Waals surface area contributed by atoms with Gasteiger partial charge in [0.1, 0.15) is 12.2 Å². The zero-order chi connectivity index (χ0) is 10.8. The van der Waals surface area contributed by atoms with Gasteiger partial charge in [-0.25, -0.2) is 9.67 Å². The molecule has 3 rings (SSSR count). The van der Waals surface area contributed by atoms with E-state index in [4.69, 9.17) is 0 Å². The fourth-order valence-corrected chi connectivity index (χ4v) is 2.70. The van der Waals surface area contributed by atoms with E-state index < -0.39 is 0 Å². The molecule has 17 heavy (non-hydrogen) atoms. The summed E-state index contributed by atoms with van der Waals surface area (Å²) in [6.07, 6.45) is 4.32. The van der Waals surface area contributed by atoms with Crippen molar-refractivity contribution in [3.8, 4) is 0 Å². The highest BCUT2D eigenvalue weighted by atomic mass is 35.5. The first-order valence-electron chi connectivity index (χ1n) is 6.21. The van der Waals surface area contributed by atoms with Gasteiger partial charge in [0.25, 0.3) is 0 Å². The van der Waals surface area contributed by atoms with Crippen LogP contribution in [0.5, 0.6) is 0 Å². The van der Waals surface area contributed by atoms with E-state index in [-0.39, 0.29) is 12.4 Å². The van der Waals surface area contributed by atoms with Crippen molar-refractivity contribution in [2.75, 3.05) is 26.2 Å². The van der Waals surface area contributed by atoms with Gasteiger partial charge in [0.15, 0.2) is 0 Å². The Kier molecular flexibility index (Phi) is 4.36. The molecule has 0 atom stereocenters. The molecule has 3 heterocycles. The van der Waals surface area contributed by atoms with Crippen LogP contribution in [0.2, 0.25) is 0 Å². The summed E-state index contributed by atoms with van der Waals surface area (Å²) in [6.45, 7) is 6.71. The standard InChI is InChI=1S/C11H19N5.ClH/c1-3-12-4-2-10(1)7-15-5-6-16-11(8-15)13-9-14-16;/h9-10,12H,1-8H2;1H. The minimum atomic E-state index is 0. The van der Waals surface area contributed by atoms with Crippen LogP contribution in [0, 0.1) is 5.92 Å². The summed E-state index contributed by atoms with van der Waals surface area (Å²) in [5, 5.41) is 7.63. The van der Waals surface area contributed by atoms with E-state index in [2.05, 4.69) is 20.3 Å². The molecule has 1 aromatic rings. The van der Waals surface area contributed by atoms with Crippen molar-refractivity contribution in [3.05, 3.63) is 12.2 Å². The lowest BCUT2D eigenvalue weighted by Gasteiger charge is -2.32. The molecule has 6 heteroatoms. The Balaban J connectivity index is 0.00000108. The molecule has 1 fully saturated rings. The topological polar surface area (TPSA) is 46.0 Å². The van der Waals surface area contributed by atoms with Gasteiger partial charge in [0.05, 0.1) is 13.1 Å². The maximum atomic E-state index is 4.30. The van der Waals surface area contributed by atoms with Crippen LogP contribution >= 0.6 is 12.4 Å². The lowest BCUT2D eigenvalue weighted by atomic mass is 9.97. The number of fused-ring (bicyclic) bond motifs is 1. The maximum absolute atomic E-state index is 4.30. The zero-order valence-corrected chi connectivity index (χ0v) is 10.8. The van der Waals surface area contributed by atoms with Gasteiger partial charge in [0.2, 0.25) is 0 Å². The van der Waals surface area contributed by atoms with E-state index in [1.54, 1.807) is 6.33 Å². The Bertz CT molecular complexity index is 347.